The second-order valence-electron chi connectivity index (χ2n) is 8.91. The normalized spacial score (nSPS) is 16.5. The van der Waals surface area contributed by atoms with Crippen molar-refractivity contribution >= 4 is 17.5 Å². The van der Waals surface area contributed by atoms with Gasteiger partial charge in [0.2, 0.25) is 5.91 Å². The molecule has 0 bridgehead atoms. The maximum absolute atomic E-state index is 13.4. The van der Waals surface area contributed by atoms with Crippen LogP contribution >= 0.6 is 0 Å². The lowest BCUT2D eigenvalue weighted by atomic mass is 9.88. The van der Waals surface area contributed by atoms with E-state index in [0.717, 1.165) is 25.7 Å². The first-order valence-electron chi connectivity index (χ1n) is 11.5. The van der Waals surface area contributed by atoms with Gasteiger partial charge in [-0.2, -0.15) is 5.10 Å². The Hall–Kier alpha value is -3.62. The summed E-state index contributed by atoms with van der Waals surface area (Å²) in [7, 11) is 0. The fraction of sp³-hybridized carbons (Fsp3) is 0.417. The Balaban J connectivity index is 1.35. The SMILES string of the molecule is CCn1nccc1C(=O)NC(C(=O)Nc1ccc(-n2cc[nH]c2=O)cc1)C(C1CC1)C1CC1. The molecule has 3 N–H and O–H groups in total. The first kappa shape index (κ1) is 21.2. The average molecular weight is 449 g/mol. The number of hydrogen-bond acceptors (Lipinski definition) is 4. The van der Waals surface area contributed by atoms with Gasteiger partial charge in [-0.3, -0.25) is 18.8 Å². The van der Waals surface area contributed by atoms with E-state index in [0.29, 0.717) is 35.4 Å². The van der Waals surface area contributed by atoms with E-state index < -0.39 is 6.04 Å². The number of amides is 2. The minimum Gasteiger partial charge on any atom is -0.339 e. The number of imidazole rings is 1. The zero-order valence-electron chi connectivity index (χ0n) is 18.5. The third kappa shape index (κ3) is 4.48. The lowest BCUT2D eigenvalue weighted by Gasteiger charge is -2.27. The summed E-state index contributed by atoms with van der Waals surface area (Å²) in [5, 5.41) is 10.2. The predicted molar refractivity (Wildman–Crippen MR) is 123 cm³/mol. The Bertz CT molecular complexity index is 1190. The molecule has 0 radical (unpaired) electrons. The van der Waals surface area contributed by atoms with Crippen LogP contribution < -0.4 is 16.3 Å². The molecule has 172 valence electrons. The largest absolute Gasteiger partial charge is 0.339 e. The van der Waals surface area contributed by atoms with Gasteiger partial charge in [-0.05, 0) is 80.7 Å². The molecular weight excluding hydrogens is 420 g/mol. The number of anilines is 1. The number of aromatic amines is 1. The number of aromatic nitrogens is 4. The van der Waals surface area contributed by atoms with Crippen LogP contribution in [0, 0.1) is 17.8 Å². The van der Waals surface area contributed by atoms with Gasteiger partial charge in [0.05, 0.1) is 5.69 Å². The highest BCUT2D eigenvalue weighted by molar-refractivity contribution is 6.00. The van der Waals surface area contributed by atoms with Crippen LogP contribution in [0.25, 0.3) is 5.69 Å². The van der Waals surface area contributed by atoms with Crippen molar-refractivity contribution in [2.75, 3.05) is 5.32 Å². The summed E-state index contributed by atoms with van der Waals surface area (Å²) in [6.07, 6.45) is 9.25. The van der Waals surface area contributed by atoms with E-state index in [1.165, 1.54) is 4.57 Å². The molecule has 2 aliphatic carbocycles. The molecule has 3 aromatic rings. The van der Waals surface area contributed by atoms with Crippen LogP contribution in [-0.4, -0.2) is 37.2 Å². The topological polar surface area (TPSA) is 114 Å². The molecule has 1 unspecified atom stereocenters. The van der Waals surface area contributed by atoms with Crippen molar-refractivity contribution in [3.8, 4) is 5.69 Å². The molecule has 2 saturated carbocycles. The van der Waals surface area contributed by atoms with Crippen molar-refractivity contribution in [3.05, 3.63) is 65.1 Å². The van der Waals surface area contributed by atoms with E-state index in [2.05, 4.69) is 20.7 Å². The highest BCUT2D eigenvalue weighted by Crippen LogP contribution is 2.50. The molecular formula is C24H28N6O3. The quantitative estimate of drug-likeness (QED) is 0.467. The molecule has 1 atom stereocenters. The van der Waals surface area contributed by atoms with Crippen LogP contribution in [0.15, 0.2) is 53.7 Å². The number of aryl methyl sites for hydroxylation is 1. The summed E-state index contributed by atoms with van der Waals surface area (Å²) in [5.41, 5.74) is 1.56. The molecule has 2 aromatic heterocycles. The molecule has 2 fully saturated rings. The molecule has 2 aliphatic rings. The number of carbonyl (C=O) groups is 2. The van der Waals surface area contributed by atoms with Crippen LogP contribution in [0.2, 0.25) is 0 Å². The number of carbonyl (C=O) groups excluding carboxylic acids is 2. The second-order valence-corrected chi connectivity index (χ2v) is 8.91. The fourth-order valence-corrected chi connectivity index (χ4v) is 4.67. The van der Waals surface area contributed by atoms with Crippen molar-refractivity contribution in [2.24, 2.45) is 17.8 Å². The second kappa shape index (κ2) is 8.73. The van der Waals surface area contributed by atoms with Gasteiger partial charge in [0.1, 0.15) is 11.7 Å². The molecule has 33 heavy (non-hydrogen) atoms. The van der Waals surface area contributed by atoms with E-state index in [1.807, 2.05) is 6.92 Å². The monoisotopic (exact) mass is 448 g/mol. The smallest absolute Gasteiger partial charge is 0.330 e. The lowest BCUT2D eigenvalue weighted by Crippen LogP contribution is -2.50. The van der Waals surface area contributed by atoms with Gasteiger partial charge in [-0.1, -0.05) is 0 Å². The molecule has 9 nitrogen and oxygen atoms in total. The van der Waals surface area contributed by atoms with Gasteiger partial charge >= 0.3 is 5.69 Å². The van der Waals surface area contributed by atoms with Gasteiger partial charge in [-0.15, -0.1) is 0 Å². The van der Waals surface area contributed by atoms with E-state index in [1.54, 1.807) is 53.6 Å². The van der Waals surface area contributed by atoms with Crippen molar-refractivity contribution in [1.29, 1.82) is 0 Å². The van der Waals surface area contributed by atoms with E-state index in [-0.39, 0.29) is 23.4 Å². The number of H-pyrrole nitrogens is 1. The predicted octanol–water partition coefficient (Wildman–Crippen LogP) is 2.56. The van der Waals surface area contributed by atoms with Crippen molar-refractivity contribution in [2.45, 2.75) is 45.2 Å². The zero-order chi connectivity index (χ0) is 22.9. The molecule has 0 saturated heterocycles. The Morgan fingerprint density at radius 1 is 1.12 bits per heavy atom. The number of nitrogens with zero attached hydrogens (tertiary/aromatic N) is 3. The fourth-order valence-electron chi connectivity index (χ4n) is 4.67. The summed E-state index contributed by atoms with van der Waals surface area (Å²) < 4.78 is 3.12. The standard InChI is InChI=1S/C24H28N6O3/c1-2-30-19(11-12-26-30)22(31)28-21(20(15-3-4-15)16-5-6-16)23(32)27-17-7-9-18(10-8-17)29-14-13-25-24(29)33/h7-16,20-21H,2-6H2,1H3,(H,25,33)(H,27,32)(H,28,31). The van der Waals surface area contributed by atoms with E-state index >= 15 is 0 Å². The molecule has 0 spiro atoms. The van der Waals surface area contributed by atoms with Crippen LogP contribution in [0.5, 0.6) is 0 Å². The van der Waals surface area contributed by atoms with Crippen molar-refractivity contribution in [3.63, 3.8) is 0 Å². The number of nitrogens with one attached hydrogen (secondary N) is 3. The minimum absolute atomic E-state index is 0.143. The molecule has 1 aromatic carbocycles. The highest BCUT2D eigenvalue weighted by Gasteiger charge is 2.48. The third-order valence-corrected chi connectivity index (χ3v) is 6.60. The minimum atomic E-state index is -0.607. The zero-order valence-corrected chi connectivity index (χ0v) is 18.5. The van der Waals surface area contributed by atoms with Gasteiger partial charge in [0.15, 0.2) is 0 Å². The Morgan fingerprint density at radius 3 is 2.39 bits per heavy atom. The van der Waals surface area contributed by atoms with Gasteiger partial charge in [0, 0.05) is 30.8 Å². The van der Waals surface area contributed by atoms with Crippen LogP contribution in [-0.2, 0) is 11.3 Å². The number of hydrogen-bond donors (Lipinski definition) is 3. The molecule has 2 heterocycles. The summed E-state index contributed by atoms with van der Waals surface area (Å²) in [6.45, 7) is 2.51. The summed E-state index contributed by atoms with van der Waals surface area (Å²) in [6, 6.07) is 8.15. The van der Waals surface area contributed by atoms with Gasteiger partial charge < -0.3 is 15.6 Å². The van der Waals surface area contributed by atoms with Crippen LogP contribution in [0.3, 0.4) is 0 Å². The van der Waals surface area contributed by atoms with Crippen LogP contribution in [0.1, 0.15) is 43.1 Å². The van der Waals surface area contributed by atoms with E-state index in [4.69, 9.17) is 0 Å². The first-order chi connectivity index (χ1) is 16.0. The maximum atomic E-state index is 13.4. The number of benzene rings is 1. The molecule has 5 rings (SSSR count). The molecule has 9 heteroatoms. The lowest BCUT2D eigenvalue weighted by molar-refractivity contribution is -0.119. The average Bonchev–Trinajstić information content (AvgIpc) is 3.74. The van der Waals surface area contributed by atoms with Crippen molar-refractivity contribution < 1.29 is 9.59 Å². The van der Waals surface area contributed by atoms with Gasteiger partial charge in [0.25, 0.3) is 5.91 Å². The summed E-state index contributed by atoms with van der Waals surface area (Å²) in [4.78, 5) is 40.9. The van der Waals surface area contributed by atoms with Gasteiger partial charge in [-0.25, -0.2) is 4.79 Å². The molecule has 0 aliphatic heterocycles. The maximum Gasteiger partial charge on any atom is 0.330 e. The number of rotatable bonds is 9. The van der Waals surface area contributed by atoms with Crippen LogP contribution in [0.4, 0.5) is 5.69 Å². The first-order valence-corrected chi connectivity index (χ1v) is 11.5. The van der Waals surface area contributed by atoms with Crippen molar-refractivity contribution in [1.82, 2.24) is 24.6 Å². The Morgan fingerprint density at radius 2 is 1.82 bits per heavy atom. The summed E-state index contributed by atoms with van der Waals surface area (Å²) >= 11 is 0. The van der Waals surface area contributed by atoms with E-state index in [9.17, 15) is 14.4 Å². The summed E-state index contributed by atoms with van der Waals surface area (Å²) in [5.74, 6) is 0.619. The Labute approximate surface area is 191 Å². The third-order valence-electron chi connectivity index (χ3n) is 6.60. The Kier molecular flexibility index (Phi) is 5.62. The highest BCUT2D eigenvalue weighted by atomic mass is 16.2. The molecule has 2 amide bonds.